The first kappa shape index (κ1) is 17.7. The molecule has 0 spiro atoms. The molecule has 0 aliphatic carbocycles. The minimum atomic E-state index is -3.81. The van der Waals surface area contributed by atoms with Gasteiger partial charge in [-0.25, -0.2) is 17.9 Å². The van der Waals surface area contributed by atoms with E-state index in [0.717, 1.165) is 5.56 Å². The zero-order valence-electron chi connectivity index (χ0n) is 15.1. The molecule has 1 unspecified atom stereocenters. The maximum absolute atomic E-state index is 13.4. The molecule has 0 saturated carbocycles. The molecule has 2 aromatic heterocycles. The Morgan fingerprint density at radius 2 is 1.93 bits per heavy atom. The highest BCUT2D eigenvalue weighted by atomic mass is 32.2. The lowest BCUT2D eigenvalue weighted by molar-refractivity contribution is 0.289. The van der Waals surface area contributed by atoms with Crippen molar-refractivity contribution in [3.05, 3.63) is 64.6 Å². The van der Waals surface area contributed by atoms with Crippen LogP contribution >= 0.6 is 0 Å². The van der Waals surface area contributed by atoms with E-state index < -0.39 is 16.1 Å². The zero-order valence-corrected chi connectivity index (χ0v) is 15.9. The fraction of sp³-hybridized carbons (Fsp3) is 0.353. The minimum Gasteiger partial charge on any atom is -0.276 e. The number of hydrogen-bond donors (Lipinski definition) is 0. The van der Waals surface area contributed by atoms with Crippen LogP contribution in [0, 0.1) is 0 Å². The monoisotopic (exact) mass is 388 g/mol. The van der Waals surface area contributed by atoms with E-state index in [-0.39, 0.29) is 23.7 Å². The van der Waals surface area contributed by atoms with Crippen LogP contribution in [0.4, 0.5) is 0 Å². The average Bonchev–Trinajstić information content (AvgIpc) is 3.27. The van der Waals surface area contributed by atoms with Crippen molar-refractivity contribution >= 4 is 10.0 Å². The van der Waals surface area contributed by atoms with E-state index in [9.17, 15) is 13.2 Å². The number of benzene rings is 1. The number of nitrogens with zero attached hydrogens (tertiary/aromatic N) is 6. The Bertz CT molecular complexity index is 1130. The van der Waals surface area contributed by atoms with E-state index in [1.807, 2.05) is 37.3 Å². The van der Waals surface area contributed by atoms with E-state index in [2.05, 4.69) is 10.2 Å². The summed E-state index contributed by atoms with van der Waals surface area (Å²) in [5.74, 6) is 0.423. The molecule has 10 heteroatoms. The normalized spacial score (nSPS) is 17.8. The van der Waals surface area contributed by atoms with Crippen molar-refractivity contribution in [3.63, 3.8) is 0 Å². The van der Waals surface area contributed by atoms with Crippen LogP contribution < -0.4 is 5.69 Å². The molecule has 142 valence electrons. The lowest BCUT2D eigenvalue weighted by Crippen LogP contribution is -2.44. The molecule has 1 aliphatic heterocycles. The van der Waals surface area contributed by atoms with Crippen molar-refractivity contribution in [2.75, 3.05) is 6.54 Å². The van der Waals surface area contributed by atoms with E-state index in [0.29, 0.717) is 12.4 Å². The SMILES string of the molecule is CCn1cc(S(=O)(=O)N2CCn3c(nn(C)c3=O)C2c2ccccc2)cn1. The van der Waals surface area contributed by atoms with E-state index in [1.54, 1.807) is 16.3 Å². The van der Waals surface area contributed by atoms with Gasteiger partial charge in [-0.2, -0.15) is 14.5 Å². The van der Waals surface area contributed by atoms with Gasteiger partial charge in [-0.1, -0.05) is 30.3 Å². The van der Waals surface area contributed by atoms with Gasteiger partial charge in [0, 0.05) is 32.9 Å². The molecule has 0 fully saturated rings. The summed E-state index contributed by atoms with van der Waals surface area (Å²) >= 11 is 0. The summed E-state index contributed by atoms with van der Waals surface area (Å²) in [6.45, 7) is 2.91. The molecular weight excluding hydrogens is 368 g/mol. The lowest BCUT2D eigenvalue weighted by Gasteiger charge is -2.34. The minimum absolute atomic E-state index is 0.136. The van der Waals surface area contributed by atoms with Crippen LogP contribution in [-0.2, 0) is 30.2 Å². The molecule has 1 atom stereocenters. The molecule has 0 amide bonds. The van der Waals surface area contributed by atoms with Gasteiger partial charge in [-0.05, 0) is 12.5 Å². The van der Waals surface area contributed by atoms with Gasteiger partial charge in [-0.3, -0.25) is 9.25 Å². The van der Waals surface area contributed by atoms with Crippen molar-refractivity contribution in [2.45, 2.75) is 31.0 Å². The Labute approximate surface area is 156 Å². The molecule has 0 bridgehead atoms. The Morgan fingerprint density at radius 1 is 1.19 bits per heavy atom. The maximum atomic E-state index is 13.4. The smallest absolute Gasteiger partial charge is 0.276 e. The number of fused-ring (bicyclic) bond motifs is 1. The van der Waals surface area contributed by atoms with Crippen LogP contribution in [-0.4, -0.2) is 43.4 Å². The summed E-state index contributed by atoms with van der Waals surface area (Å²) in [7, 11) is -2.24. The van der Waals surface area contributed by atoms with Crippen LogP contribution in [0.3, 0.4) is 0 Å². The second kappa shape index (κ2) is 6.46. The second-order valence-electron chi connectivity index (χ2n) is 6.38. The van der Waals surface area contributed by atoms with E-state index >= 15 is 0 Å². The molecule has 1 aromatic carbocycles. The molecule has 3 aromatic rings. The topological polar surface area (TPSA) is 95.0 Å². The van der Waals surface area contributed by atoms with Crippen molar-refractivity contribution in [3.8, 4) is 0 Å². The van der Waals surface area contributed by atoms with Crippen LogP contribution in [0.5, 0.6) is 0 Å². The highest BCUT2D eigenvalue weighted by molar-refractivity contribution is 7.89. The fourth-order valence-electron chi connectivity index (χ4n) is 3.39. The van der Waals surface area contributed by atoms with Crippen molar-refractivity contribution in [1.29, 1.82) is 0 Å². The van der Waals surface area contributed by atoms with Crippen molar-refractivity contribution < 1.29 is 8.42 Å². The first-order valence-electron chi connectivity index (χ1n) is 8.66. The Hall–Kier alpha value is -2.72. The van der Waals surface area contributed by atoms with Gasteiger partial charge >= 0.3 is 5.69 Å². The largest absolute Gasteiger partial charge is 0.345 e. The Kier molecular flexibility index (Phi) is 4.23. The highest BCUT2D eigenvalue weighted by Crippen LogP contribution is 2.34. The summed E-state index contributed by atoms with van der Waals surface area (Å²) in [5.41, 5.74) is 0.511. The molecule has 1 aliphatic rings. The summed E-state index contributed by atoms with van der Waals surface area (Å²) in [6, 6.07) is 8.56. The molecule has 3 heterocycles. The number of aryl methyl sites for hydroxylation is 2. The predicted octanol–water partition coefficient (Wildman–Crippen LogP) is 0.592. The zero-order chi connectivity index (χ0) is 19.2. The highest BCUT2D eigenvalue weighted by Gasteiger charge is 2.40. The third-order valence-electron chi connectivity index (χ3n) is 4.77. The van der Waals surface area contributed by atoms with Gasteiger partial charge in [0.15, 0.2) is 5.82 Å². The van der Waals surface area contributed by atoms with Crippen molar-refractivity contribution in [2.24, 2.45) is 7.05 Å². The van der Waals surface area contributed by atoms with Gasteiger partial charge in [0.25, 0.3) is 0 Å². The van der Waals surface area contributed by atoms with Crippen LogP contribution in [0.1, 0.15) is 24.4 Å². The molecule has 0 radical (unpaired) electrons. The average molecular weight is 388 g/mol. The molecular formula is C17H20N6O3S. The van der Waals surface area contributed by atoms with Crippen molar-refractivity contribution in [1.82, 2.24) is 28.4 Å². The second-order valence-corrected chi connectivity index (χ2v) is 8.27. The third-order valence-corrected chi connectivity index (χ3v) is 6.59. The number of aromatic nitrogens is 5. The summed E-state index contributed by atoms with van der Waals surface area (Å²) < 4.78 is 32.5. The number of rotatable bonds is 4. The fourth-order valence-corrected chi connectivity index (χ4v) is 4.91. The van der Waals surface area contributed by atoms with Gasteiger partial charge in [0.1, 0.15) is 10.9 Å². The molecule has 9 nitrogen and oxygen atoms in total. The first-order valence-corrected chi connectivity index (χ1v) is 10.1. The van der Waals surface area contributed by atoms with Gasteiger partial charge in [-0.15, -0.1) is 0 Å². The Balaban J connectivity index is 1.88. The summed E-state index contributed by atoms with van der Waals surface area (Å²) in [5, 5.41) is 8.42. The molecule has 0 saturated heterocycles. The van der Waals surface area contributed by atoms with E-state index in [4.69, 9.17) is 0 Å². The van der Waals surface area contributed by atoms with E-state index in [1.165, 1.54) is 21.4 Å². The van der Waals surface area contributed by atoms with Crippen LogP contribution in [0.15, 0.2) is 52.4 Å². The summed E-state index contributed by atoms with van der Waals surface area (Å²) in [6.07, 6.45) is 2.89. The third kappa shape index (κ3) is 2.81. The van der Waals surface area contributed by atoms with Crippen LogP contribution in [0.25, 0.3) is 0 Å². The maximum Gasteiger partial charge on any atom is 0.345 e. The van der Waals surface area contributed by atoms with Gasteiger partial charge in [0.2, 0.25) is 10.0 Å². The standard InChI is InChI=1S/C17H20N6O3S/c1-3-21-12-14(11-18-21)27(25,26)23-10-9-22-16(19-20(2)17(22)24)15(23)13-7-5-4-6-8-13/h4-8,11-12,15H,3,9-10H2,1-2H3. The quantitative estimate of drug-likeness (QED) is 0.652. The number of sulfonamides is 1. The first-order chi connectivity index (χ1) is 12.9. The predicted molar refractivity (Wildman–Crippen MR) is 97.5 cm³/mol. The van der Waals surface area contributed by atoms with Crippen LogP contribution in [0.2, 0.25) is 0 Å². The summed E-state index contributed by atoms with van der Waals surface area (Å²) in [4.78, 5) is 12.5. The molecule has 27 heavy (non-hydrogen) atoms. The number of hydrogen-bond acceptors (Lipinski definition) is 5. The van der Waals surface area contributed by atoms with Gasteiger partial charge < -0.3 is 0 Å². The Morgan fingerprint density at radius 3 is 2.59 bits per heavy atom. The molecule has 0 N–H and O–H groups in total. The molecule has 4 rings (SSSR count). The lowest BCUT2D eigenvalue weighted by atomic mass is 10.1. The van der Waals surface area contributed by atoms with Gasteiger partial charge in [0.05, 0.1) is 6.20 Å².